The van der Waals surface area contributed by atoms with E-state index in [0.717, 1.165) is 25.9 Å². The van der Waals surface area contributed by atoms with E-state index in [1.54, 1.807) is 0 Å². The van der Waals surface area contributed by atoms with Gasteiger partial charge in [-0.05, 0) is 43.0 Å². The number of benzene rings is 2. The Kier molecular flexibility index (Phi) is 5.36. The maximum atomic E-state index is 11.8. The summed E-state index contributed by atoms with van der Waals surface area (Å²) >= 11 is 0. The quantitative estimate of drug-likeness (QED) is 0.919. The van der Waals surface area contributed by atoms with Gasteiger partial charge in [0.15, 0.2) is 0 Å². The molecule has 1 amide bonds. The van der Waals surface area contributed by atoms with Crippen LogP contribution in [0.1, 0.15) is 38.3 Å². The average Bonchev–Trinajstić information content (AvgIpc) is 2.62. The molecule has 128 valence electrons. The summed E-state index contributed by atoms with van der Waals surface area (Å²) in [7, 11) is 0. The van der Waals surface area contributed by atoms with Gasteiger partial charge in [-0.1, -0.05) is 42.5 Å². The number of rotatable bonds is 4. The van der Waals surface area contributed by atoms with Crippen LogP contribution >= 0.6 is 0 Å². The van der Waals surface area contributed by atoms with Crippen molar-refractivity contribution in [1.82, 2.24) is 10.2 Å². The van der Waals surface area contributed by atoms with E-state index in [4.69, 9.17) is 4.74 Å². The van der Waals surface area contributed by atoms with Gasteiger partial charge < -0.3 is 15.0 Å². The lowest BCUT2D eigenvalue weighted by Crippen LogP contribution is -2.45. The molecule has 0 aliphatic carbocycles. The number of nitrogens with one attached hydrogen (secondary N) is 1. The van der Waals surface area contributed by atoms with E-state index in [-0.39, 0.29) is 12.1 Å². The SMILES string of the molecule is CCOC(=O)N1CCC(NC(C)c2cccc3ccccc23)CC1. The average molecular weight is 326 g/mol. The lowest BCUT2D eigenvalue weighted by molar-refractivity contribution is 0.0944. The molecular weight excluding hydrogens is 300 g/mol. The number of hydrogen-bond acceptors (Lipinski definition) is 3. The smallest absolute Gasteiger partial charge is 0.409 e. The van der Waals surface area contributed by atoms with Crippen molar-refractivity contribution in [1.29, 1.82) is 0 Å². The Balaban J connectivity index is 1.61. The minimum Gasteiger partial charge on any atom is -0.450 e. The van der Waals surface area contributed by atoms with Gasteiger partial charge in [0.2, 0.25) is 0 Å². The number of hydrogen-bond donors (Lipinski definition) is 1. The predicted octanol–water partition coefficient (Wildman–Crippen LogP) is 4.11. The topological polar surface area (TPSA) is 41.6 Å². The number of ether oxygens (including phenoxy) is 1. The highest BCUT2D eigenvalue weighted by atomic mass is 16.6. The largest absolute Gasteiger partial charge is 0.450 e. The molecule has 0 saturated carbocycles. The Morgan fingerprint density at radius 3 is 2.67 bits per heavy atom. The molecule has 1 atom stereocenters. The second-order valence-corrected chi connectivity index (χ2v) is 6.42. The minimum absolute atomic E-state index is 0.182. The van der Waals surface area contributed by atoms with E-state index in [2.05, 4.69) is 54.7 Å². The van der Waals surface area contributed by atoms with Crippen LogP contribution in [0.4, 0.5) is 4.79 Å². The number of carbonyl (C=O) groups excluding carboxylic acids is 1. The highest BCUT2D eigenvalue weighted by Gasteiger charge is 2.24. The summed E-state index contributed by atoms with van der Waals surface area (Å²) in [6.07, 6.45) is 1.75. The van der Waals surface area contributed by atoms with Gasteiger partial charge in [0.25, 0.3) is 0 Å². The first kappa shape index (κ1) is 16.8. The summed E-state index contributed by atoms with van der Waals surface area (Å²) in [6.45, 7) is 6.03. The van der Waals surface area contributed by atoms with Gasteiger partial charge in [-0.15, -0.1) is 0 Å². The van der Waals surface area contributed by atoms with Crippen LogP contribution < -0.4 is 5.32 Å². The van der Waals surface area contributed by atoms with Crippen LogP contribution in [0.15, 0.2) is 42.5 Å². The molecule has 2 aromatic rings. The third-order valence-electron chi connectivity index (χ3n) is 4.80. The zero-order valence-electron chi connectivity index (χ0n) is 14.5. The molecular formula is C20H26N2O2. The first-order valence-electron chi connectivity index (χ1n) is 8.84. The van der Waals surface area contributed by atoms with Gasteiger partial charge in [-0.2, -0.15) is 0 Å². The third kappa shape index (κ3) is 3.70. The number of likely N-dealkylation sites (tertiary alicyclic amines) is 1. The van der Waals surface area contributed by atoms with Crippen molar-refractivity contribution in [3.63, 3.8) is 0 Å². The molecule has 2 aromatic carbocycles. The molecule has 1 fully saturated rings. The summed E-state index contributed by atoms with van der Waals surface area (Å²) in [6, 6.07) is 15.7. The Bertz CT molecular complexity index is 688. The predicted molar refractivity (Wildman–Crippen MR) is 97.1 cm³/mol. The summed E-state index contributed by atoms with van der Waals surface area (Å²) in [4.78, 5) is 13.6. The van der Waals surface area contributed by atoms with Crippen LogP contribution in [0.3, 0.4) is 0 Å². The first-order valence-corrected chi connectivity index (χ1v) is 8.84. The van der Waals surface area contributed by atoms with Crippen LogP contribution in [0.5, 0.6) is 0 Å². The summed E-state index contributed by atoms with van der Waals surface area (Å²) < 4.78 is 5.08. The summed E-state index contributed by atoms with van der Waals surface area (Å²) in [5, 5.41) is 6.33. The van der Waals surface area contributed by atoms with Gasteiger partial charge in [0, 0.05) is 25.2 Å². The van der Waals surface area contributed by atoms with Crippen LogP contribution in [-0.4, -0.2) is 36.7 Å². The molecule has 0 aromatic heterocycles. The van der Waals surface area contributed by atoms with E-state index in [1.807, 2.05) is 11.8 Å². The van der Waals surface area contributed by atoms with E-state index >= 15 is 0 Å². The van der Waals surface area contributed by atoms with E-state index < -0.39 is 0 Å². The van der Waals surface area contributed by atoms with Crippen molar-refractivity contribution in [2.75, 3.05) is 19.7 Å². The molecule has 0 bridgehead atoms. The fraction of sp³-hybridized carbons (Fsp3) is 0.450. The number of amides is 1. The number of fused-ring (bicyclic) bond motifs is 1. The fourth-order valence-electron chi connectivity index (χ4n) is 3.51. The molecule has 1 saturated heterocycles. The van der Waals surface area contributed by atoms with Gasteiger partial charge in [0.05, 0.1) is 6.61 Å². The summed E-state index contributed by atoms with van der Waals surface area (Å²) in [5.74, 6) is 0. The Labute approximate surface area is 143 Å². The molecule has 1 N–H and O–H groups in total. The van der Waals surface area contributed by atoms with Crippen LogP contribution in [-0.2, 0) is 4.74 Å². The summed E-state index contributed by atoms with van der Waals surface area (Å²) in [5.41, 5.74) is 1.33. The highest BCUT2D eigenvalue weighted by Crippen LogP contribution is 2.25. The molecule has 24 heavy (non-hydrogen) atoms. The fourth-order valence-corrected chi connectivity index (χ4v) is 3.51. The molecule has 4 heteroatoms. The van der Waals surface area contributed by atoms with E-state index in [0.29, 0.717) is 12.6 Å². The first-order chi connectivity index (χ1) is 11.7. The Hall–Kier alpha value is -2.07. The maximum absolute atomic E-state index is 11.8. The van der Waals surface area contributed by atoms with Crippen molar-refractivity contribution < 1.29 is 9.53 Å². The molecule has 1 unspecified atom stereocenters. The van der Waals surface area contributed by atoms with Crippen LogP contribution in [0, 0.1) is 0 Å². The second kappa shape index (κ2) is 7.67. The molecule has 0 radical (unpaired) electrons. The van der Waals surface area contributed by atoms with Gasteiger partial charge in [-0.25, -0.2) is 4.79 Å². The normalized spacial score (nSPS) is 17.0. The highest BCUT2D eigenvalue weighted by molar-refractivity contribution is 5.86. The third-order valence-corrected chi connectivity index (χ3v) is 4.80. The van der Waals surface area contributed by atoms with E-state index in [9.17, 15) is 4.79 Å². The lowest BCUT2D eigenvalue weighted by atomic mass is 9.97. The second-order valence-electron chi connectivity index (χ2n) is 6.42. The Morgan fingerprint density at radius 1 is 1.21 bits per heavy atom. The van der Waals surface area contributed by atoms with E-state index in [1.165, 1.54) is 16.3 Å². The van der Waals surface area contributed by atoms with Crippen LogP contribution in [0.2, 0.25) is 0 Å². The van der Waals surface area contributed by atoms with Crippen LogP contribution in [0.25, 0.3) is 10.8 Å². The van der Waals surface area contributed by atoms with Gasteiger partial charge >= 0.3 is 6.09 Å². The lowest BCUT2D eigenvalue weighted by Gasteiger charge is -2.33. The Morgan fingerprint density at radius 2 is 1.92 bits per heavy atom. The van der Waals surface area contributed by atoms with Gasteiger partial charge in [-0.3, -0.25) is 0 Å². The molecule has 3 rings (SSSR count). The zero-order valence-corrected chi connectivity index (χ0v) is 14.5. The van der Waals surface area contributed by atoms with Gasteiger partial charge in [0.1, 0.15) is 0 Å². The molecule has 0 spiro atoms. The van der Waals surface area contributed by atoms with Crippen molar-refractivity contribution >= 4 is 16.9 Å². The zero-order chi connectivity index (χ0) is 16.9. The molecule has 1 aliphatic heterocycles. The number of nitrogens with zero attached hydrogens (tertiary/aromatic N) is 1. The standard InChI is InChI=1S/C20H26N2O2/c1-3-24-20(23)22-13-11-17(12-14-22)21-15(2)18-10-6-8-16-7-4-5-9-19(16)18/h4-10,15,17,21H,3,11-14H2,1-2H3. The van der Waals surface area contributed by atoms with Crippen molar-refractivity contribution in [3.8, 4) is 0 Å². The number of carbonyl (C=O) groups is 1. The molecule has 4 nitrogen and oxygen atoms in total. The monoisotopic (exact) mass is 326 g/mol. The van der Waals surface area contributed by atoms with Crippen molar-refractivity contribution in [2.24, 2.45) is 0 Å². The molecule has 1 aliphatic rings. The van der Waals surface area contributed by atoms with Crippen molar-refractivity contribution in [2.45, 2.75) is 38.8 Å². The maximum Gasteiger partial charge on any atom is 0.409 e. The minimum atomic E-state index is -0.182. The molecule has 1 heterocycles. The number of piperidine rings is 1. The van der Waals surface area contributed by atoms with Crippen molar-refractivity contribution in [3.05, 3.63) is 48.0 Å².